The van der Waals surface area contributed by atoms with Gasteiger partial charge < -0.3 is 9.84 Å². The van der Waals surface area contributed by atoms with Crippen LogP contribution in [0.15, 0.2) is 12.3 Å². The minimum absolute atomic E-state index is 0.930. The summed E-state index contributed by atoms with van der Waals surface area (Å²) in [5.74, 6) is -7.33. The van der Waals surface area contributed by atoms with E-state index in [0.717, 1.165) is 7.11 Å². The van der Waals surface area contributed by atoms with E-state index in [4.69, 9.17) is 5.11 Å². The van der Waals surface area contributed by atoms with E-state index < -0.39 is 17.7 Å². The average Bonchev–Trinajstić information content (AvgIpc) is 1.86. The van der Waals surface area contributed by atoms with Crippen molar-refractivity contribution >= 4 is 5.97 Å². The molecule has 0 aliphatic rings. The van der Waals surface area contributed by atoms with E-state index in [2.05, 4.69) is 11.3 Å². The Morgan fingerprint density at radius 2 is 2.10 bits per heavy atom. The Morgan fingerprint density at radius 3 is 2.20 bits per heavy atom. The van der Waals surface area contributed by atoms with Crippen LogP contribution in [-0.4, -0.2) is 24.1 Å². The summed E-state index contributed by atoms with van der Waals surface area (Å²) in [6.45, 7) is 2.71. The maximum absolute atomic E-state index is 12.1. The van der Waals surface area contributed by atoms with Gasteiger partial charge in [-0.15, -0.1) is 0 Å². The molecule has 0 unspecified atom stereocenters. The number of hydrogen-bond acceptors (Lipinski definition) is 2. The molecule has 0 aliphatic carbocycles. The second-order valence-corrected chi connectivity index (χ2v) is 1.51. The molecule has 0 saturated carbocycles. The number of hydrogen-bond donors (Lipinski definition) is 1. The zero-order valence-corrected chi connectivity index (χ0v) is 5.23. The highest BCUT2D eigenvalue weighted by molar-refractivity contribution is 5.78. The molecule has 0 aliphatic heterocycles. The summed E-state index contributed by atoms with van der Waals surface area (Å²) in [6.07, 6.45) is 0. The average molecular weight is 152 g/mol. The van der Waals surface area contributed by atoms with Crippen LogP contribution in [0.25, 0.3) is 0 Å². The van der Waals surface area contributed by atoms with Gasteiger partial charge in [-0.05, 0) is 0 Å². The van der Waals surface area contributed by atoms with Crippen LogP contribution in [-0.2, 0) is 9.53 Å². The number of halogens is 2. The Kier molecular flexibility index (Phi) is 2.34. The van der Waals surface area contributed by atoms with Gasteiger partial charge in [0.2, 0.25) is 0 Å². The predicted molar refractivity (Wildman–Crippen MR) is 28.7 cm³/mol. The minimum Gasteiger partial charge on any atom is -0.495 e. The summed E-state index contributed by atoms with van der Waals surface area (Å²) in [4.78, 5) is 9.73. The summed E-state index contributed by atoms with van der Waals surface area (Å²) >= 11 is 0. The van der Waals surface area contributed by atoms with Gasteiger partial charge in [-0.3, -0.25) is 0 Å². The Bertz CT molecular complexity index is 164. The van der Waals surface area contributed by atoms with Crippen LogP contribution in [0.4, 0.5) is 8.78 Å². The van der Waals surface area contributed by atoms with E-state index in [1.165, 1.54) is 0 Å². The number of ether oxygens (including phenoxy) is 1. The molecular formula is C5H6F2O3. The van der Waals surface area contributed by atoms with Gasteiger partial charge in [0.25, 0.3) is 0 Å². The van der Waals surface area contributed by atoms with Gasteiger partial charge >= 0.3 is 11.9 Å². The molecule has 0 saturated heterocycles. The van der Waals surface area contributed by atoms with E-state index in [1.807, 2.05) is 0 Å². The van der Waals surface area contributed by atoms with Crippen molar-refractivity contribution in [3.8, 4) is 0 Å². The van der Waals surface area contributed by atoms with Crippen molar-refractivity contribution in [3.05, 3.63) is 12.3 Å². The molecule has 10 heavy (non-hydrogen) atoms. The van der Waals surface area contributed by atoms with E-state index in [-0.39, 0.29) is 0 Å². The normalized spacial score (nSPS) is 10.7. The fourth-order valence-electron chi connectivity index (χ4n) is 0.247. The quantitative estimate of drug-likeness (QED) is 0.610. The first-order valence-corrected chi connectivity index (χ1v) is 2.27. The second kappa shape index (κ2) is 2.64. The lowest BCUT2D eigenvalue weighted by molar-refractivity contribution is -0.163. The van der Waals surface area contributed by atoms with Crippen molar-refractivity contribution in [2.75, 3.05) is 7.11 Å². The highest BCUT2D eigenvalue weighted by Crippen LogP contribution is 2.22. The summed E-state index contributed by atoms with van der Waals surface area (Å²) < 4.78 is 28.2. The largest absolute Gasteiger partial charge is 0.495 e. The Hall–Kier alpha value is -1.13. The Balaban J connectivity index is 4.40. The van der Waals surface area contributed by atoms with Gasteiger partial charge in [-0.1, -0.05) is 6.58 Å². The number of aliphatic carboxylic acids is 1. The molecule has 0 radical (unpaired) electrons. The number of alkyl halides is 2. The molecule has 58 valence electrons. The molecular weight excluding hydrogens is 146 g/mol. The third-order valence-corrected chi connectivity index (χ3v) is 0.865. The Morgan fingerprint density at radius 1 is 1.70 bits per heavy atom. The second-order valence-electron chi connectivity index (χ2n) is 1.51. The molecule has 0 rings (SSSR count). The van der Waals surface area contributed by atoms with Crippen molar-refractivity contribution in [3.63, 3.8) is 0 Å². The van der Waals surface area contributed by atoms with E-state index in [9.17, 15) is 13.6 Å². The van der Waals surface area contributed by atoms with Gasteiger partial charge in [-0.2, -0.15) is 8.78 Å². The van der Waals surface area contributed by atoms with Crippen molar-refractivity contribution in [1.29, 1.82) is 0 Å². The summed E-state index contributed by atoms with van der Waals surface area (Å²) in [5.41, 5.74) is 0. The van der Waals surface area contributed by atoms with Crippen LogP contribution in [0.1, 0.15) is 0 Å². The molecule has 0 heterocycles. The maximum atomic E-state index is 12.1. The van der Waals surface area contributed by atoms with Gasteiger partial charge in [-0.25, -0.2) is 4.79 Å². The number of carbonyl (C=O) groups is 1. The van der Waals surface area contributed by atoms with Crippen molar-refractivity contribution in [2.24, 2.45) is 0 Å². The van der Waals surface area contributed by atoms with Crippen molar-refractivity contribution < 1.29 is 23.4 Å². The summed E-state index contributed by atoms with van der Waals surface area (Å²) in [7, 11) is 0.930. The SMILES string of the molecule is C=C(OC)C(F)(F)C(=O)O. The zero-order valence-electron chi connectivity index (χ0n) is 5.23. The molecule has 0 atom stereocenters. The topological polar surface area (TPSA) is 46.5 Å². The molecule has 0 aromatic carbocycles. The molecule has 0 amide bonds. The van der Waals surface area contributed by atoms with Crippen LogP contribution in [0.2, 0.25) is 0 Å². The van der Waals surface area contributed by atoms with Crippen molar-refractivity contribution in [2.45, 2.75) is 5.92 Å². The fourth-order valence-corrected chi connectivity index (χ4v) is 0.247. The monoisotopic (exact) mass is 152 g/mol. The van der Waals surface area contributed by atoms with E-state index in [0.29, 0.717) is 0 Å². The lowest BCUT2D eigenvalue weighted by Crippen LogP contribution is -2.30. The Labute approximate surface area is 55.9 Å². The maximum Gasteiger partial charge on any atom is 0.397 e. The van der Waals surface area contributed by atoms with Crippen LogP contribution in [0.3, 0.4) is 0 Å². The molecule has 0 bridgehead atoms. The molecule has 5 heteroatoms. The van der Waals surface area contributed by atoms with E-state index >= 15 is 0 Å². The van der Waals surface area contributed by atoms with Gasteiger partial charge in [0, 0.05) is 0 Å². The number of carboxylic acids is 1. The molecule has 1 N–H and O–H groups in total. The highest BCUT2D eigenvalue weighted by atomic mass is 19.3. The first-order valence-electron chi connectivity index (χ1n) is 2.27. The molecule has 0 aromatic heterocycles. The lowest BCUT2D eigenvalue weighted by atomic mass is 10.3. The van der Waals surface area contributed by atoms with E-state index in [1.54, 1.807) is 0 Å². The standard InChI is InChI=1S/C5H6F2O3/c1-3(10-2)5(6,7)4(8)9/h1H2,2H3,(H,8,9). The lowest BCUT2D eigenvalue weighted by Gasteiger charge is -2.11. The van der Waals surface area contributed by atoms with Gasteiger partial charge in [0.1, 0.15) is 0 Å². The van der Waals surface area contributed by atoms with Crippen LogP contribution >= 0.6 is 0 Å². The molecule has 3 nitrogen and oxygen atoms in total. The third kappa shape index (κ3) is 1.43. The molecule has 0 spiro atoms. The predicted octanol–water partition coefficient (Wildman–Crippen LogP) is 0.866. The van der Waals surface area contributed by atoms with Crippen LogP contribution in [0, 0.1) is 0 Å². The smallest absolute Gasteiger partial charge is 0.397 e. The summed E-state index contributed by atoms with van der Waals surface area (Å²) in [6, 6.07) is 0. The first kappa shape index (κ1) is 8.87. The first-order chi connectivity index (χ1) is 4.42. The number of rotatable bonds is 3. The van der Waals surface area contributed by atoms with Gasteiger partial charge in [0.05, 0.1) is 7.11 Å². The number of methoxy groups -OCH3 is 1. The van der Waals surface area contributed by atoms with Crippen LogP contribution < -0.4 is 0 Å². The summed E-state index contributed by atoms with van der Waals surface area (Å²) in [5, 5.41) is 7.85. The number of carboxylic acid groups (broad SMARTS) is 1. The van der Waals surface area contributed by atoms with Crippen molar-refractivity contribution in [1.82, 2.24) is 0 Å². The van der Waals surface area contributed by atoms with Crippen LogP contribution in [0.5, 0.6) is 0 Å². The molecule has 0 aromatic rings. The minimum atomic E-state index is -3.99. The highest BCUT2D eigenvalue weighted by Gasteiger charge is 2.43. The fraction of sp³-hybridized carbons (Fsp3) is 0.400. The van der Waals surface area contributed by atoms with Gasteiger partial charge in [0.15, 0.2) is 5.76 Å². The molecule has 0 fully saturated rings. The zero-order chi connectivity index (χ0) is 8.36. The third-order valence-electron chi connectivity index (χ3n) is 0.865.